The number of sulfonamides is 1. The van der Waals surface area contributed by atoms with Gasteiger partial charge in [-0.3, -0.25) is 0 Å². The molecule has 0 amide bonds. The smallest absolute Gasteiger partial charge is 0.207 e. The third kappa shape index (κ3) is 2.72. The molecule has 1 aromatic carbocycles. The largest absolute Gasteiger partial charge is 0.332 e. The van der Waals surface area contributed by atoms with Gasteiger partial charge in [0.25, 0.3) is 0 Å². The third-order valence-electron chi connectivity index (χ3n) is 3.52. The standard InChI is InChI=1S/C12H16FNO4S2/c1-12(2)8-3-9-14(12)20(17,18)11-6-4-10(5-7-11)19(13,15)16/h4-7H,3,8-9H2,1-2H3. The number of hydrogen-bond donors (Lipinski definition) is 0. The monoisotopic (exact) mass is 321 g/mol. The molecule has 0 atom stereocenters. The molecule has 1 saturated heterocycles. The zero-order chi connectivity index (χ0) is 15.2. The van der Waals surface area contributed by atoms with Crippen molar-refractivity contribution in [3.05, 3.63) is 24.3 Å². The summed E-state index contributed by atoms with van der Waals surface area (Å²) in [6.07, 6.45) is 1.55. The lowest BCUT2D eigenvalue weighted by Crippen LogP contribution is -2.42. The van der Waals surface area contributed by atoms with E-state index in [0.717, 1.165) is 37.1 Å². The predicted molar refractivity (Wildman–Crippen MR) is 71.9 cm³/mol. The summed E-state index contributed by atoms with van der Waals surface area (Å²) in [5.74, 6) is 0. The van der Waals surface area contributed by atoms with Crippen LogP contribution >= 0.6 is 0 Å². The number of hydrogen-bond acceptors (Lipinski definition) is 4. The Morgan fingerprint density at radius 2 is 1.55 bits per heavy atom. The van der Waals surface area contributed by atoms with Gasteiger partial charge in [-0.15, -0.1) is 3.89 Å². The second-order valence-corrected chi connectivity index (χ2v) is 8.61. The van der Waals surface area contributed by atoms with E-state index in [4.69, 9.17) is 0 Å². The van der Waals surface area contributed by atoms with E-state index < -0.39 is 30.7 Å². The average molecular weight is 321 g/mol. The van der Waals surface area contributed by atoms with Crippen LogP contribution in [0.15, 0.2) is 34.1 Å². The molecule has 8 heteroatoms. The Morgan fingerprint density at radius 3 is 1.95 bits per heavy atom. The highest BCUT2D eigenvalue weighted by molar-refractivity contribution is 7.89. The Hall–Kier alpha value is -0.990. The Kier molecular flexibility index (Phi) is 3.68. The van der Waals surface area contributed by atoms with E-state index in [2.05, 4.69) is 0 Å². The van der Waals surface area contributed by atoms with Crippen molar-refractivity contribution in [2.45, 2.75) is 42.0 Å². The lowest BCUT2D eigenvalue weighted by molar-refractivity contribution is 0.291. The van der Waals surface area contributed by atoms with Gasteiger partial charge in [-0.05, 0) is 51.0 Å². The molecule has 1 aliphatic rings. The van der Waals surface area contributed by atoms with Gasteiger partial charge in [-0.25, -0.2) is 8.42 Å². The van der Waals surface area contributed by atoms with Crippen molar-refractivity contribution in [1.29, 1.82) is 0 Å². The van der Waals surface area contributed by atoms with Gasteiger partial charge in [0.2, 0.25) is 10.0 Å². The molecule has 0 aliphatic carbocycles. The van der Waals surface area contributed by atoms with E-state index >= 15 is 0 Å². The van der Waals surface area contributed by atoms with Crippen LogP contribution in [0.25, 0.3) is 0 Å². The summed E-state index contributed by atoms with van der Waals surface area (Å²) in [4.78, 5) is -0.572. The highest BCUT2D eigenvalue weighted by Crippen LogP contribution is 2.34. The summed E-state index contributed by atoms with van der Waals surface area (Å²) < 4.78 is 60.6. The second-order valence-electron chi connectivity index (χ2n) is 5.40. The van der Waals surface area contributed by atoms with E-state index in [9.17, 15) is 20.7 Å². The summed E-state index contributed by atoms with van der Waals surface area (Å²) >= 11 is 0. The van der Waals surface area contributed by atoms with Crippen molar-refractivity contribution in [2.75, 3.05) is 6.54 Å². The van der Waals surface area contributed by atoms with Gasteiger partial charge in [0.15, 0.2) is 0 Å². The fraction of sp³-hybridized carbons (Fsp3) is 0.500. The molecule has 112 valence electrons. The Labute approximate surface area is 118 Å². The van der Waals surface area contributed by atoms with Crippen molar-refractivity contribution in [1.82, 2.24) is 4.31 Å². The SMILES string of the molecule is CC1(C)CCCN1S(=O)(=O)c1ccc(S(=O)(=O)F)cc1. The maximum Gasteiger partial charge on any atom is 0.332 e. The van der Waals surface area contributed by atoms with Crippen LogP contribution < -0.4 is 0 Å². The summed E-state index contributed by atoms with van der Waals surface area (Å²) in [7, 11) is -8.51. The third-order valence-corrected chi connectivity index (χ3v) is 6.48. The molecule has 0 bridgehead atoms. The normalized spacial score (nSPS) is 20.1. The minimum Gasteiger partial charge on any atom is -0.207 e. The van der Waals surface area contributed by atoms with Crippen LogP contribution in [-0.4, -0.2) is 33.2 Å². The van der Waals surface area contributed by atoms with Crippen molar-refractivity contribution in [2.24, 2.45) is 0 Å². The highest BCUT2D eigenvalue weighted by Gasteiger charge is 2.40. The van der Waals surface area contributed by atoms with Crippen LogP contribution in [0, 0.1) is 0 Å². The molecule has 0 radical (unpaired) electrons. The Morgan fingerprint density at radius 1 is 1.05 bits per heavy atom. The lowest BCUT2D eigenvalue weighted by atomic mass is 10.0. The quantitative estimate of drug-likeness (QED) is 0.797. The topological polar surface area (TPSA) is 71.5 Å². The first kappa shape index (κ1) is 15.4. The number of benzene rings is 1. The second kappa shape index (κ2) is 4.78. The minimum atomic E-state index is -4.82. The summed E-state index contributed by atoms with van der Waals surface area (Å²) in [5.41, 5.74) is -0.469. The maximum atomic E-state index is 12.8. The molecule has 0 unspecified atom stereocenters. The summed E-state index contributed by atoms with van der Waals surface area (Å²) in [6, 6.07) is 4.17. The van der Waals surface area contributed by atoms with Crippen LogP contribution in [-0.2, 0) is 20.2 Å². The molecule has 1 aliphatic heterocycles. The lowest BCUT2D eigenvalue weighted by Gasteiger charge is -2.30. The van der Waals surface area contributed by atoms with Gasteiger partial charge in [0, 0.05) is 12.1 Å². The first-order valence-corrected chi connectivity index (χ1v) is 8.95. The van der Waals surface area contributed by atoms with Gasteiger partial charge in [0.1, 0.15) is 0 Å². The molecule has 5 nitrogen and oxygen atoms in total. The van der Waals surface area contributed by atoms with E-state index in [1.807, 2.05) is 13.8 Å². The molecule has 1 heterocycles. The van der Waals surface area contributed by atoms with Crippen LogP contribution in [0.1, 0.15) is 26.7 Å². The van der Waals surface area contributed by atoms with E-state index in [-0.39, 0.29) is 4.90 Å². The minimum absolute atomic E-state index is 0.0279. The van der Waals surface area contributed by atoms with Crippen molar-refractivity contribution >= 4 is 20.2 Å². The predicted octanol–water partition coefficient (Wildman–Crippen LogP) is 1.91. The van der Waals surface area contributed by atoms with E-state index in [1.54, 1.807) is 0 Å². The van der Waals surface area contributed by atoms with Gasteiger partial charge >= 0.3 is 10.2 Å². The van der Waals surface area contributed by atoms with Gasteiger partial charge in [0.05, 0.1) is 9.79 Å². The molecule has 2 rings (SSSR count). The average Bonchev–Trinajstić information content (AvgIpc) is 2.68. The Bertz CT molecular complexity index is 708. The summed E-state index contributed by atoms with van der Waals surface area (Å²) in [5, 5.41) is 0. The molecule has 0 spiro atoms. The maximum absolute atomic E-state index is 12.8. The van der Waals surface area contributed by atoms with Crippen LogP contribution in [0.2, 0.25) is 0 Å². The number of rotatable bonds is 3. The first-order valence-electron chi connectivity index (χ1n) is 6.13. The van der Waals surface area contributed by atoms with Crippen LogP contribution in [0.4, 0.5) is 3.89 Å². The van der Waals surface area contributed by atoms with Gasteiger partial charge in [-0.2, -0.15) is 12.7 Å². The molecule has 0 aromatic heterocycles. The van der Waals surface area contributed by atoms with E-state index in [1.165, 1.54) is 4.31 Å². The molecule has 1 fully saturated rings. The molecule has 0 saturated carbocycles. The number of nitrogens with zero attached hydrogens (tertiary/aromatic N) is 1. The molecule has 20 heavy (non-hydrogen) atoms. The van der Waals surface area contributed by atoms with Crippen molar-refractivity contribution in [3.63, 3.8) is 0 Å². The van der Waals surface area contributed by atoms with Crippen LogP contribution in [0.5, 0.6) is 0 Å². The zero-order valence-corrected chi connectivity index (χ0v) is 12.8. The van der Waals surface area contributed by atoms with Crippen LogP contribution in [0.3, 0.4) is 0 Å². The highest BCUT2D eigenvalue weighted by atomic mass is 32.3. The van der Waals surface area contributed by atoms with Crippen molar-refractivity contribution < 1.29 is 20.7 Å². The molecular formula is C12H16FNO4S2. The van der Waals surface area contributed by atoms with Crippen molar-refractivity contribution in [3.8, 4) is 0 Å². The summed E-state index contributed by atoms with van der Waals surface area (Å²) in [6.45, 7) is 4.12. The van der Waals surface area contributed by atoms with Gasteiger partial charge in [-0.1, -0.05) is 0 Å². The molecular weight excluding hydrogens is 305 g/mol. The number of halogens is 1. The van der Waals surface area contributed by atoms with E-state index in [0.29, 0.717) is 6.54 Å². The Balaban J connectivity index is 2.41. The zero-order valence-electron chi connectivity index (χ0n) is 11.2. The first-order chi connectivity index (χ1) is 9.05. The molecule has 1 aromatic rings. The van der Waals surface area contributed by atoms with Gasteiger partial charge < -0.3 is 0 Å². The molecule has 0 N–H and O–H groups in total. The fourth-order valence-corrected chi connectivity index (χ4v) is 4.74. The fourth-order valence-electron chi connectivity index (χ4n) is 2.43.